The largest absolute Gasteiger partial charge is 0.376 e. The molecule has 0 aliphatic carbocycles. The maximum Gasteiger partial charge on any atom is 0.274 e. The van der Waals surface area contributed by atoms with Crippen molar-refractivity contribution in [2.75, 3.05) is 23.8 Å². The lowest BCUT2D eigenvalue weighted by atomic mass is 10.2. The molecule has 2 N–H and O–H groups in total. The molecular formula is C17H19ClN4O2. The van der Waals surface area contributed by atoms with E-state index in [1.165, 1.54) is 0 Å². The zero-order valence-electron chi connectivity index (χ0n) is 13.4. The van der Waals surface area contributed by atoms with E-state index >= 15 is 0 Å². The molecule has 0 spiro atoms. The highest BCUT2D eigenvalue weighted by atomic mass is 35.5. The van der Waals surface area contributed by atoms with Crippen molar-refractivity contribution in [1.82, 2.24) is 9.97 Å². The SMILES string of the molecule is Cc1nc(NCC2CCCO2)cc(C(=O)Nc2ccc(Cl)cc2)n1. The molecule has 1 saturated heterocycles. The summed E-state index contributed by atoms with van der Waals surface area (Å²) in [4.78, 5) is 20.9. The summed E-state index contributed by atoms with van der Waals surface area (Å²) in [6.07, 6.45) is 2.33. The summed E-state index contributed by atoms with van der Waals surface area (Å²) >= 11 is 5.84. The Hall–Kier alpha value is -2.18. The predicted molar refractivity (Wildman–Crippen MR) is 93.6 cm³/mol. The van der Waals surface area contributed by atoms with E-state index in [-0.39, 0.29) is 12.0 Å². The molecule has 7 heteroatoms. The van der Waals surface area contributed by atoms with Crippen LogP contribution in [-0.2, 0) is 4.74 Å². The molecule has 1 aliphatic rings. The number of hydrogen-bond acceptors (Lipinski definition) is 5. The number of halogens is 1. The molecule has 126 valence electrons. The van der Waals surface area contributed by atoms with Gasteiger partial charge in [0.15, 0.2) is 0 Å². The summed E-state index contributed by atoms with van der Waals surface area (Å²) in [6.45, 7) is 3.24. The minimum atomic E-state index is -0.289. The molecule has 6 nitrogen and oxygen atoms in total. The molecular weight excluding hydrogens is 328 g/mol. The van der Waals surface area contributed by atoms with E-state index < -0.39 is 0 Å². The number of benzene rings is 1. The first-order chi connectivity index (χ1) is 11.6. The third-order valence-electron chi connectivity index (χ3n) is 3.71. The third-order valence-corrected chi connectivity index (χ3v) is 3.96. The van der Waals surface area contributed by atoms with Crippen LogP contribution in [0.15, 0.2) is 30.3 Å². The Kier molecular flexibility index (Phi) is 5.27. The Morgan fingerprint density at radius 1 is 1.33 bits per heavy atom. The zero-order valence-corrected chi connectivity index (χ0v) is 14.1. The fraction of sp³-hybridized carbons (Fsp3) is 0.353. The molecule has 1 aliphatic heterocycles. The van der Waals surface area contributed by atoms with Gasteiger partial charge in [0.2, 0.25) is 0 Å². The quantitative estimate of drug-likeness (QED) is 0.868. The lowest BCUT2D eigenvalue weighted by molar-refractivity contribution is 0.102. The number of nitrogens with zero attached hydrogens (tertiary/aromatic N) is 2. The number of carbonyl (C=O) groups is 1. The number of carbonyl (C=O) groups excluding carboxylic acids is 1. The van der Waals surface area contributed by atoms with Crippen molar-refractivity contribution in [3.8, 4) is 0 Å². The molecule has 3 rings (SSSR count). The molecule has 1 aromatic heterocycles. The molecule has 0 radical (unpaired) electrons. The van der Waals surface area contributed by atoms with E-state index in [1.807, 2.05) is 0 Å². The molecule has 24 heavy (non-hydrogen) atoms. The van der Waals surface area contributed by atoms with Gasteiger partial charge in [-0.25, -0.2) is 9.97 Å². The second-order valence-corrected chi connectivity index (χ2v) is 6.10. The van der Waals surface area contributed by atoms with Crippen LogP contribution in [0.4, 0.5) is 11.5 Å². The predicted octanol–water partition coefficient (Wildman–Crippen LogP) is 3.28. The van der Waals surface area contributed by atoms with Crippen LogP contribution in [0.25, 0.3) is 0 Å². The van der Waals surface area contributed by atoms with Crippen LogP contribution in [0.2, 0.25) is 5.02 Å². The summed E-state index contributed by atoms with van der Waals surface area (Å²) in [6, 6.07) is 8.57. The summed E-state index contributed by atoms with van der Waals surface area (Å²) in [5.41, 5.74) is 0.974. The lowest BCUT2D eigenvalue weighted by Gasteiger charge is -2.12. The molecule has 1 atom stereocenters. The Labute approximate surface area is 145 Å². The smallest absolute Gasteiger partial charge is 0.274 e. The average Bonchev–Trinajstić information content (AvgIpc) is 3.08. The van der Waals surface area contributed by atoms with Gasteiger partial charge in [-0.05, 0) is 44.0 Å². The van der Waals surface area contributed by atoms with Crippen molar-refractivity contribution in [3.05, 3.63) is 46.9 Å². The topological polar surface area (TPSA) is 76.1 Å². The van der Waals surface area contributed by atoms with Crippen LogP contribution in [0.5, 0.6) is 0 Å². The van der Waals surface area contributed by atoms with Gasteiger partial charge in [-0.2, -0.15) is 0 Å². The summed E-state index contributed by atoms with van der Waals surface area (Å²) < 4.78 is 5.58. The number of aryl methyl sites for hydroxylation is 1. The second kappa shape index (κ2) is 7.59. The maximum atomic E-state index is 12.4. The zero-order chi connectivity index (χ0) is 16.9. The molecule has 1 aromatic carbocycles. The van der Waals surface area contributed by atoms with Crippen molar-refractivity contribution >= 4 is 29.0 Å². The Balaban J connectivity index is 1.67. The number of hydrogen-bond donors (Lipinski definition) is 2. The third kappa shape index (κ3) is 4.43. The Morgan fingerprint density at radius 3 is 2.83 bits per heavy atom. The molecule has 1 amide bonds. The number of ether oxygens (including phenoxy) is 1. The fourth-order valence-electron chi connectivity index (χ4n) is 2.53. The number of rotatable bonds is 5. The van der Waals surface area contributed by atoms with Gasteiger partial charge in [0.1, 0.15) is 17.3 Å². The highest BCUT2D eigenvalue weighted by Gasteiger charge is 2.16. The average molecular weight is 347 g/mol. The maximum absolute atomic E-state index is 12.4. The summed E-state index contributed by atoms with van der Waals surface area (Å²) in [7, 11) is 0. The van der Waals surface area contributed by atoms with Crippen molar-refractivity contribution < 1.29 is 9.53 Å². The normalized spacial score (nSPS) is 16.8. The second-order valence-electron chi connectivity index (χ2n) is 5.66. The van der Waals surface area contributed by atoms with Gasteiger partial charge in [-0.15, -0.1) is 0 Å². The van der Waals surface area contributed by atoms with Crippen molar-refractivity contribution in [2.24, 2.45) is 0 Å². The molecule has 0 bridgehead atoms. The molecule has 2 heterocycles. The van der Waals surface area contributed by atoms with E-state index in [4.69, 9.17) is 16.3 Å². The van der Waals surface area contributed by atoms with Crippen LogP contribution in [0.3, 0.4) is 0 Å². The highest BCUT2D eigenvalue weighted by Crippen LogP contribution is 2.16. The Bertz CT molecular complexity index is 715. The number of amides is 1. The van der Waals surface area contributed by atoms with Gasteiger partial charge < -0.3 is 15.4 Å². The molecule has 1 fully saturated rings. The molecule has 0 saturated carbocycles. The van der Waals surface area contributed by atoms with Gasteiger partial charge in [0.05, 0.1) is 6.10 Å². The van der Waals surface area contributed by atoms with Crippen LogP contribution in [0.1, 0.15) is 29.2 Å². The number of aromatic nitrogens is 2. The standard InChI is InChI=1S/C17H19ClN4O2/c1-11-20-15(17(23)22-13-6-4-12(18)5-7-13)9-16(21-11)19-10-14-3-2-8-24-14/h4-7,9,14H,2-3,8,10H2,1H3,(H,22,23)(H,19,20,21). The molecule has 1 unspecified atom stereocenters. The van der Waals surface area contributed by atoms with E-state index in [0.717, 1.165) is 19.4 Å². The summed E-state index contributed by atoms with van der Waals surface area (Å²) in [5, 5.41) is 6.63. The lowest BCUT2D eigenvalue weighted by Crippen LogP contribution is -2.20. The monoisotopic (exact) mass is 346 g/mol. The number of anilines is 2. The van der Waals surface area contributed by atoms with Gasteiger partial charge >= 0.3 is 0 Å². The van der Waals surface area contributed by atoms with Crippen LogP contribution in [-0.4, -0.2) is 35.1 Å². The summed E-state index contributed by atoms with van der Waals surface area (Å²) in [5.74, 6) is 0.871. The van der Waals surface area contributed by atoms with E-state index in [1.54, 1.807) is 37.3 Å². The van der Waals surface area contributed by atoms with Gasteiger partial charge in [0, 0.05) is 29.9 Å². The van der Waals surface area contributed by atoms with Crippen LogP contribution in [0, 0.1) is 6.92 Å². The Morgan fingerprint density at radius 2 is 2.12 bits per heavy atom. The van der Waals surface area contributed by atoms with E-state index in [9.17, 15) is 4.79 Å². The van der Waals surface area contributed by atoms with Crippen molar-refractivity contribution in [3.63, 3.8) is 0 Å². The molecule has 2 aromatic rings. The van der Waals surface area contributed by atoms with Crippen molar-refractivity contribution in [2.45, 2.75) is 25.9 Å². The highest BCUT2D eigenvalue weighted by molar-refractivity contribution is 6.30. The number of nitrogens with one attached hydrogen (secondary N) is 2. The van der Waals surface area contributed by atoms with Crippen LogP contribution >= 0.6 is 11.6 Å². The van der Waals surface area contributed by atoms with Gasteiger partial charge in [-0.1, -0.05) is 11.6 Å². The minimum Gasteiger partial charge on any atom is -0.376 e. The van der Waals surface area contributed by atoms with Crippen molar-refractivity contribution in [1.29, 1.82) is 0 Å². The van der Waals surface area contributed by atoms with E-state index in [0.29, 0.717) is 34.6 Å². The van der Waals surface area contributed by atoms with Crippen LogP contribution < -0.4 is 10.6 Å². The fourth-order valence-corrected chi connectivity index (χ4v) is 2.65. The van der Waals surface area contributed by atoms with Gasteiger partial charge in [0.25, 0.3) is 5.91 Å². The van der Waals surface area contributed by atoms with E-state index in [2.05, 4.69) is 20.6 Å². The first kappa shape index (κ1) is 16.7. The first-order valence-electron chi connectivity index (χ1n) is 7.88. The first-order valence-corrected chi connectivity index (χ1v) is 8.26. The van der Waals surface area contributed by atoms with Gasteiger partial charge in [-0.3, -0.25) is 4.79 Å². The minimum absolute atomic E-state index is 0.201.